The molecular weight excluding hydrogens is 158 g/mol. The van der Waals surface area contributed by atoms with Gasteiger partial charge in [-0.2, -0.15) is 0 Å². The summed E-state index contributed by atoms with van der Waals surface area (Å²) in [7, 11) is 0. The molecule has 0 N–H and O–H groups in total. The molecule has 0 fully saturated rings. The summed E-state index contributed by atoms with van der Waals surface area (Å²) in [6.07, 6.45) is 4.38. The van der Waals surface area contributed by atoms with Crippen LogP contribution in [-0.4, -0.2) is 12.3 Å². The quantitative estimate of drug-likeness (QED) is 0.619. The number of benzene rings is 1. The van der Waals surface area contributed by atoms with Crippen molar-refractivity contribution in [2.45, 2.75) is 31.7 Å². The van der Waals surface area contributed by atoms with E-state index in [0.717, 1.165) is 6.42 Å². The lowest BCUT2D eigenvalue weighted by Gasteiger charge is -2.21. The molecule has 1 aliphatic rings. The Morgan fingerprint density at radius 2 is 2.00 bits per heavy atom. The Morgan fingerprint density at radius 1 is 1.23 bits per heavy atom. The third-order valence-corrected chi connectivity index (χ3v) is 2.65. The zero-order valence-corrected chi connectivity index (χ0v) is 7.98. The van der Waals surface area contributed by atoms with Gasteiger partial charge in [-0.05, 0) is 37.5 Å². The van der Waals surface area contributed by atoms with E-state index >= 15 is 0 Å². The van der Waals surface area contributed by atoms with Crippen LogP contribution in [0.3, 0.4) is 0 Å². The zero-order valence-electron chi connectivity index (χ0n) is 7.98. The average molecular weight is 173 g/mol. The molecule has 1 aliphatic heterocycles. The van der Waals surface area contributed by atoms with E-state index < -0.39 is 0 Å². The van der Waals surface area contributed by atoms with Gasteiger partial charge in [0.15, 0.2) is 0 Å². The van der Waals surface area contributed by atoms with Crippen LogP contribution >= 0.6 is 0 Å². The molecule has 0 bridgehead atoms. The molecule has 2 unspecified atom stereocenters. The van der Waals surface area contributed by atoms with Crippen molar-refractivity contribution < 1.29 is 0 Å². The van der Waals surface area contributed by atoms with Crippen LogP contribution in [0.2, 0.25) is 0 Å². The number of rotatable bonds is 1. The monoisotopic (exact) mass is 173 g/mol. The SMILES string of the molecule is CC1CC(c2ccccc2)CC=N1. The van der Waals surface area contributed by atoms with Crippen LogP contribution in [0.15, 0.2) is 35.3 Å². The Labute approximate surface area is 79.5 Å². The summed E-state index contributed by atoms with van der Waals surface area (Å²) in [5, 5.41) is 0. The predicted octanol–water partition coefficient (Wildman–Crippen LogP) is 3.02. The summed E-state index contributed by atoms with van der Waals surface area (Å²) in [6.45, 7) is 2.19. The van der Waals surface area contributed by atoms with Gasteiger partial charge in [-0.1, -0.05) is 30.3 Å². The number of nitrogens with zero attached hydrogens (tertiary/aromatic N) is 1. The molecule has 68 valence electrons. The first-order chi connectivity index (χ1) is 6.36. The highest BCUT2D eigenvalue weighted by Gasteiger charge is 2.16. The van der Waals surface area contributed by atoms with Crippen LogP contribution in [-0.2, 0) is 0 Å². The molecule has 1 nitrogen and oxygen atoms in total. The van der Waals surface area contributed by atoms with Crippen molar-refractivity contribution in [3.8, 4) is 0 Å². The molecule has 1 aromatic carbocycles. The van der Waals surface area contributed by atoms with E-state index in [2.05, 4.69) is 48.5 Å². The fourth-order valence-corrected chi connectivity index (χ4v) is 1.93. The molecule has 0 saturated heterocycles. The Balaban J connectivity index is 2.15. The fraction of sp³-hybridized carbons (Fsp3) is 0.417. The van der Waals surface area contributed by atoms with E-state index in [1.807, 2.05) is 0 Å². The summed E-state index contributed by atoms with van der Waals surface area (Å²) in [5.41, 5.74) is 1.46. The number of aliphatic imine (C=N–C) groups is 1. The Morgan fingerprint density at radius 3 is 2.69 bits per heavy atom. The highest BCUT2D eigenvalue weighted by Crippen LogP contribution is 2.27. The van der Waals surface area contributed by atoms with Crippen molar-refractivity contribution in [3.05, 3.63) is 35.9 Å². The topological polar surface area (TPSA) is 12.4 Å². The molecule has 1 heteroatoms. The van der Waals surface area contributed by atoms with Gasteiger partial charge in [-0.25, -0.2) is 0 Å². The van der Waals surface area contributed by atoms with Crippen LogP contribution in [0.4, 0.5) is 0 Å². The molecule has 1 heterocycles. The van der Waals surface area contributed by atoms with Crippen LogP contribution in [0.1, 0.15) is 31.2 Å². The molecule has 2 rings (SSSR count). The number of hydrogen-bond donors (Lipinski definition) is 0. The fourth-order valence-electron chi connectivity index (χ4n) is 1.93. The maximum atomic E-state index is 4.38. The van der Waals surface area contributed by atoms with Crippen LogP contribution in [0, 0.1) is 0 Å². The second kappa shape index (κ2) is 3.73. The minimum absolute atomic E-state index is 0.499. The number of hydrogen-bond acceptors (Lipinski definition) is 1. The minimum Gasteiger partial charge on any atom is -0.294 e. The van der Waals surface area contributed by atoms with E-state index in [9.17, 15) is 0 Å². The van der Waals surface area contributed by atoms with Gasteiger partial charge in [0.25, 0.3) is 0 Å². The predicted molar refractivity (Wildman–Crippen MR) is 56.4 cm³/mol. The smallest absolute Gasteiger partial charge is 0.0473 e. The van der Waals surface area contributed by atoms with E-state index in [4.69, 9.17) is 0 Å². The maximum absolute atomic E-state index is 4.38. The first-order valence-electron chi connectivity index (χ1n) is 4.93. The molecule has 0 saturated carbocycles. The third kappa shape index (κ3) is 1.97. The summed E-state index contributed by atoms with van der Waals surface area (Å²) < 4.78 is 0. The summed E-state index contributed by atoms with van der Waals surface area (Å²) >= 11 is 0. The van der Waals surface area contributed by atoms with Crippen molar-refractivity contribution in [1.82, 2.24) is 0 Å². The van der Waals surface area contributed by atoms with Crippen molar-refractivity contribution in [2.24, 2.45) is 4.99 Å². The van der Waals surface area contributed by atoms with Crippen molar-refractivity contribution in [1.29, 1.82) is 0 Å². The Kier molecular flexibility index (Phi) is 2.44. The highest BCUT2D eigenvalue weighted by molar-refractivity contribution is 5.60. The van der Waals surface area contributed by atoms with Crippen molar-refractivity contribution >= 4 is 6.21 Å². The zero-order chi connectivity index (χ0) is 9.10. The Hall–Kier alpha value is -1.11. The van der Waals surface area contributed by atoms with Gasteiger partial charge < -0.3 is 0 Å². The molecule has 0 spiro atoms. The standard InChI is InChI=1S/C12H15N/c1-10-9-12(7-8-13-10)11-5-3-2-4-6-11/h2-6,8,10,12H,7,9H2,1H3. The van der Waals surface area contributed by atoms with Gasteiger partial charge >= 0.3 is 0 Å². The Bertz CT molecular complexity index is 289. The normalized spacial score (nSPS) is 27.5. The molecule has 0 radical (unpaired) electrons. The van der Waals surface area contributed by atoms with Crippen molar-refractivity contribution in [3.63, 3.8) is 0 Å². The van der Waals surface area contributed by atoms with Gasteiger partial charge in [-0.3, -0.25) is 4.99 Å². The van der Waals surface area contributed by atoms with E-state index in [-0.39, 0.29) is 0 Å². The molecule has 0 amide bonds. The lowest BCUT2D eigenvalue weighted by atomic mass is 9.88. The highest BCUT2D eigenvalue weighted by atomic mass is 14.8. The third-order valence-electron chi connectivity index (χ3n) is 2.65. The first kappa shape index (κ1) is 8.49. The second-order valence-corrected chi connectivity index (χ2v) is 3.76. The maximum Gasteiger partial charge on any atom is 0.0473 e. The molecule has 13 heavy (non-hydrogen) atoms. The van der Waals surface area contributed by atoms with Crippen LogP contribution in [0.25, 0.3) is 0 Å². The molecule has 0 aliphatic carbocycles. The molecular formula is C12H15N. The van der Waals surface area contributed by atoms with E-state index in [1.165, 1.54) is 12.0 Å². The van der Waals surface area contributed by atoms with Gasteiger partial charge in [-0.15, -0.1) is 0 Å². The van der Waals surface area contributed by atoms with Crippen molar-refractivity contribution in [2.75, 3.05) is 0 Å². The van der Waals surface area contributed by atoms with Gasteiger partial charge in [0.05, 0.1) is 0 Å². The lowest BCUT2D eigenvalue weighted by molar-refractivity contribution is 0.547. The minimum atomic E-state index is 0.499. The van der Waals surface area contributed by atoms with Gasteiger partial charge in [0.2, 0.25) is 0 Å². The second-order valence-electron chi connectivity index (χ2n) is 3.76. The van der Waals surface area contributed by atoms with Crippen LogP contribution < -0.4 is 0 Å². The van der Waals surface area contributed by atoms with Gasteiger partial charge in [0, 0.05) is 6.04 Å². The van der Waals surface area contributed by atoms with E-state index in [1.54, 1.807) is 0 Å². The summed E-state index contributed by atoms with van der Waals surface area (Å²) in [6, 6.07) is 11.2. The molecule has 2 atom stereocenters. The van der Waals surface area contributed by atoms with Gasteiger partial charge in [0.1, 0.15) is 0 Å². The average Bonchev–Trinajstić information content (AvgIpc) is 2.19. The summed E-state index contributed by atoms with van der Waals surface area (Å²) in [4.78, 5) is 4.38. The molecule has 0 aromatic heterocycles. The summed E-state index contributed by atoms with van der Waals surface area (Å²) in [5.74, 6) is 0.689. The first-order valence-corrected chi connectivity index (χ1v) is 4.93. The van der Waals surface area contributed by atoms with Crippen LogP contribution in [0.5, 0.6) is 0 Å². The lowest BCUT2D eigenvalue weighted by Crippen LogP contribution is -2.13. The molecule has 1 aromatic rings. The largest absolute Gasteiger partial charge is 0.294 e. The van der Waals surface area contributed by atoms with E-state index in [0.29, 0.717) is 12.0 Å².